The largest absolute Gasteiger partial charge is 0.480 e. The highest BCUT2D eigenvalue weighted by Gasteiger charge is 2.38. The third-order valence-electron chi connectivity index (χ3n) is 3.98. The summed E-state index contributed by atoms with van der Waals surface area (Å²) >= 11 is 0. The quantitative estimate of drug-likeness (QED) is 0.799. The molecule has 1 heterocycles. The van der Waals surface area contributed by atoms with Gasteiger partial charge < -0.3 is 20.2 Å². The van der Waals surface area contributed by atoms with Crippen molar-refractivity contribution in [1.29, 1.82) is 0 Å². The molecule has 0 spiro atoms. The van der Waals surface area contributed by atoms with Crippen LogP contribution in [0, 0.1) is 0 Å². The number of hydrogen-bond donors (Lipinski definition) is 2. The molecule has 6 nitrogen and oxygen atoms in total. The van der Waals surface area contributed by atoms with E-state index >= 15 is 0 Å². The first-order valence-electron chi connectivity index (χ1n) is 6.81. The van der Waals surface area contributed by atoms with E-state index in [0.717, 1.165) is 25.9 Å². The SMILES string of the molecule is CCN(C(=O)N(C)C(C)(C)C(=O)O)C1CCNCC1. The second-order valence-electron chi connectivity index (χ2n) is 5.47. The van der Waals surface area contributed by atoms with Crippen LogP contribution in [-0.4, -0.2) is 65.2 Å². The molecule has 0 aliphatic carbocycles. The molecule has 2 N–H and O–H groups in total. The molecule has 19 heavy (non-hydrogen) atoms. The average molecular weight is 271 g/mol. The highest BCUT2D eigenvalue weighted by Crippen LogP contribution is 2.19. The molecule has 1 aliphatic rings. The number of nitrogens with zero attached hydrogens (tertiary/aromatic N) is 2. The van der Waals surface area contributed by atoms with Crippen molar-refractivity contribution in [3.8, 4) is 0 Å². The molecule has 1 fully saturated rings. The molecule has 0 aromatic carbocycles. The van der Waals surface area contributed by atoms with E-state index in [2.05, 4.69) is 5.32 Å². The van der Waals surface area contributed by atoms with Crippen molar-refractivity contribution < 1.29 is 14.7 Å². The summed E-state index contributed by atoms with van der Waals surface area (Å²) < 4.78 is 0. The van der Waals surface area contributed by atoms with Gasteiger partial charge in [0.2, 0.25) is 0 Å². The fourth-order valence-corrected chi connectivity index (χ4v) is 2.24. The predicted molar refractivity (Wildman–Crippen MR) is 73.1 cm³/mol. The fraction of sp³-hybridized carbons (Fsp3) is 0.846. The number of urea groups is 1. The Morgan fingerprint density at radius 1 is 1.32 bits per heavy atom. The van der Waals surface area contributed by atoms with Crippen molar-refractivity contribution in [1.82, 2.24) is 15.1 Å². The van der Waals surface area contributed by atoms with E-state index in [1.165, 1.54) is 4.90 Å². The number of carboxylic acid groups (broad SMARTS) is 1. The van der Waals surface area contributed by atoms with Crippen LogP contribution in [0.25, 0.3) is 0 Å². The molecule has 0 bridgehead atoms. The minimum atomic E-state index is -1.20. The standard InChI is InChI=1S/C13H25N3O3/c1-5-16(10-6-8-14-9-7-10)12(19)15(4)13(2,3)11(17)18/h10,14H,5-9H2,1-4H3,(H,17,18). The van der Waals surface area contributed by atoms with Crippen LogP contribution < -0.4 is 5.32 Å². The highest BCUT2D eigenvalue weighted by molar-refractivity contribution is 5.85. The predicted octanol–water partition coefficient (Wildman–Crippen LogP) is 0.975. The van der Waals surface area contributed by atoms with Crippen molar-refractivity contribution in [2.45, 2.75) is 45.2 Å². The Balaban J connectivity index is 2.80. The van der Waals surface area contributed by atoms with Gasteiger partial charge in [0.15, 0.2) is 0 Å². The van der Waals surface area contributed by atoms with Crippen molar-refractivity contribution in [2.24, 2.45) is 0 Å². The molecule has 0 aromatic rings. The minimum Gasteiger partial charge on any atom is -0.480 e. The first-order chi connectivity index (χ1) is 8.82. The summed E-state index contributed by atoms with van der Waals surface area (Å²) in [6.45, 7) is 7.43. The van der Waals surface area contributed by atoms with Gasteiger partial charge in [-0.2, -0.15) is 0 Å². The fourth-order valence-electron chi connectivity index (χ4n) is 2.24. The summed E-state index contributed by atoms with van der Waals surface area (Å²) in [6.07, 6.45) is 1.84. The topological polar surface area (TPSA) is 72.9 Å². The van der Waals surface area contributed by atoms with Crippen molar-refractivity contribution >= 4 is 12.0 Å². The van der Waals surface area contributed by atoms with Gasteiger partial charge in [0, 0.05) is 19.6 Å². The van der Waals surface area contributed by atoms with Crippen LogP contribution in [0.1, 0.15) is 33.6 Å². The number of carboxylic acids is 1. The Labute approximate surface area is 114 Å². The summed E-state index contributed by atoms with van der Waals surface area (Å²) in [5.41, 5.74) is -1.20. The van der Waals surface area contributed by atoms with Gasteiger partial charge in [-0.15, -0.1) is 0 Å². The molecule has 0 radical (unpaired) electrons. The smallest absolute Gasteiger partial charge is 0.329 e. The van der Waals surface area contributed by atoms with Crippen LogP contribution in [0.5, 0.6) is 0 Å². The summed E-state index contributed by atoms with van der Waals surface area (Å²) in [5.74, 6) is -0.996. The molecule has 1 rings (SSSR count). The first kappa shape index (κ1) is 15.8. The molecule has 0 saturated carbocycles. The van der Waals surface area contributed by atoms with E-state index in [4.69, 9.17) is 0 Å². The molecule has 2 amide bonds. The van der Waals surface area contributed by atoms with E-state index in [1.807, 2.05) is 6.92 Å². The number of hydrogen-bond acceptors (Lipinski definition) is 3. The zero-order valence-electron chi connectivity index (χ0n) is 12.3. The number of carbonyl (C=O) groups excluding carboxylic acids is 1. The third kappa shape index (κ3) is 3.37. The van der Waals surface area contributed by atoms with Gasteiger partial charge in [-0.1, -0.05) is 0 Å². The van der Waals surface area contributed by atoms with Crippen LogP contribution >= 0.6 is 0 Å². The molecular weight excluding hydrogens is 246 g/mol. The number of nitrogens with one attached hydrogen (secondary N) is 1. The van der Waals surface area contributed by atoms with Gasteiger partial charge >= 0.3 is 12.0 Å². The molecule has 0 atom stereocenters. The van der Waals surface area contributed by atoms with E-state index in [1.54, 1.807) is 25.8 Å². The summed E-state index contributed by atoms with van der Waals surface area (Å²) in [5, 5.41) is 12.5. The maximum atomic E-state index is 12.5. The van der Waals surface area contributed by atoms with Gasteiger partial charge in [-0.25, -0.2) is 9.59 Å². The van der Waals surface area contributed by atoms with Crippen LogP contribution in [0.4, 0.5) is 4.79 Å². The Kier molecular flexibility index (Phi) is 5.17. The maximum Gasteiger partial charge on any atom is 0.329 e. The molecule has 6 heteroatoms. The summed E-state index contributed by atoms with van der Waals surface area (Å²) in [7, 11) is 1.56. The molecule has 1 aliphatic heterocycles. The van der Waals surface area contributed by atoms with E-state index < -0.39 is 11.5 Å². The second-order valence-corrected chi connectivity index (χ2v) is 5.47. The number of piperidine rings is 1. The monoisotopic (exact) mass is 271 g/mol. The van der Waals surface area contributed by atoms with Crippen molar-refractivity contribution in [3.05, 3.63) is 0 Å². The average Bonchev–Trinajstić information content (AvgIpc) is 2.39. The number of likely N-dealkylation sites (N-methyl/N-ethyl adjacent to an activating group) is 1. The summed E-state index contributed by atoms with van der Waals surface area (Å²) in [4.78, 5) is 26.8. The van der Waals surface area contributed by atoms with Gasteiger partial charge in [0.1, 0.15) is 5.54 Å². The number of rotatable bonds is 4. The van der Waals surface area contributed by atoms with Gasteiger partial charge in [0.05, 0.1) is 0 Å². The second kappa shape index (κ2) is 6.23. The number of carbonyl (C=O) groups is 2. The zero-order valence-corrected chi connectivity index (χ0v) is 12.3. The van der Waals surface area contributed by atoms with Crippen LogP contribution in [0.2, 0.25) is 0 Å². The Bertz CT molecular complexity index is 338. The van der Waals surface area contributed by atoms with Crippen LogP contribution in [0.3, 0.4) is 0 Å². The number of amides is 2. The lowest BCUT2D eigenvalue weighted by molar-refractivity contribution is -0.147. The van der Waals surface area contributed by atoms with E-state index in [0.29, 0.717) is 6.54 Å². The lowest BCUT2D eigenvalue weighted by Crippen LogP contribution is -2.58. The zero-order chi connectivity index (χ0) is 14.6. The normalized spacial score (nSPS) is 17.1. The lowest BCUT2D eigenvalue weighted by Gasteiger charge is -2.40. The van der Waals surface area contributed by atoms with Gasteiger partial charge in [-0.05, 0) is 46.7 Å². The Morgan fingerprint density at radius 3 is 2.26 bits per heavy atom. The van der Waals surface area contributed by atoms with Gasteiger partial charge in [0.25, 0.3) is 0 Å². The Morgan fingerprint density at radius 2 is 1.84 bits per heavy atom. The summed E-state index contributed by atoms with van der Waals surface area (Å²) in [6, 6.07) is -0.00686. The van der Waals surface area contributed by atoms with E-state index in [-0.39, 0.29) is 12.1 Å². The van der Waals surface area contributed by atoms with Crippen molar-refractivity contribution in [3.63, 3.8) is 0 Å². The minimum absolute atomic E-state index is 0.200. The van der Waals surface area contributed by atoms with E-state index in [9.17, 15) is 14.7 Å². The molecule has 0 aromatic heterocycles. The first-order valence-corrected chi connectivity index (χ1v) is 6.81. The van der Waals surface area contributed by atoms with Crippen molar-refractivity contribution in [2.75, 3.05) is 26.7 Å². The molecule has 0 unspecified atom stereocenters. The van der Waals surface area contributed by atoms with Gasteiger partial charge in [-0.3, -0.25) is 0 Å². The van der Waals surface area contributed by atoms with Crippen LogP contribution in [-0.2, 0) is 4.79 Å². The Hall–Kier alpha value is -1.30. The highest BCUT2D eigenvalue weighted by atomic mass is 16.4. The van der Waals surface area contributed by atoms with Crippen LogP contribution in [0.15, 0.2) is 0 Å². The maximum absolute atomic E-state index is 12.5. The molecule has 1 saturated heterocycles. The molecular formula is C13H25N3O3. The number of aliphatic carboxylic acids is 1. The third-order valence-corrected chi connectivity index (χ3v) is 3.98. The molecule has 110 valence electrons. The lowest BCUT2D eigenvalue weighted by atomic mass is 10.0.